The normalized spacial score (nSPS) is 14.1. The molecule has 0 rings (SSSR count). The van der Waals surface area contributed by atoms with E-state index in [0.29, 0.717) is 25.7 Å². The molecule has 0 spiro atoms. The number of carbonyl (C=O) groups excluding carboxylic acids is 4. The van der Waals surface area contributed by atoms with E-state index in [0.717, 1.165) is 108 Å². The van der Waals surface area contributed by atoms with Gasteiger partial charge in [-0.25, -0.2) is 9.13 Å². The minimum absolute atomic E-state index is 0.106. The Morgan fingerprint density at radius 2 is 0.484 bits per heavy atom. The molecule has 0 bridgehead atoms. The highest BCUT2D eigenvalue weighted by molar-refractivity contribution is 7.47. The van der Waals surface area contributed by atoms with E-state index in [-0.39, 0.29) is 25.7 Å². The largest absolute Gasteiger partial charge is 0.472 e. The van der Waals surface area contributed by atoms with Crippen molar-refractivity contribution in [1.29, 1.82) is 0 Å². The first-order chi connectivity index (χ1) is 45.7. The number of aliphatic hydroxyl groups excluding tert-OH is 1. The van der Waals surface area contributed by atoms with Gasteiger partial charge in [-0.3, -0.25) is 37.3 Å². The highest BCUT2D eigenvalue weighted by Crippen LogP contribution is 2.45. The summed E-state index contributed by atoms with van der Waals surface area (Å²) < 4.78 is 68.6. The lowest BCUT2D eigenvalue weighted by Gasteiger charge is -2.21. The number of esters is 4. The fourth-order valence-electron chi connectivity index (χ4n) is 11.6. The van der Waals surface area contributed by atoms with Gasteiger partial charge in [-0.2, -0.15) is 0 Å². The molecule has 0 aliphatic rings. The Bertz CT molecular complexity index is 1850. The number of phosphoric acid groups is 2. The summed E-state index contributed by atoms with van der Waals surface area (Å²) in [6, 6.07) is 0. The summed E-state index contributed by atoms with van der Waals surface area (Å²) in [6.07, 6.45) is 52.6. The number of hydrogen-bond donors (Lipinski definition) is 3. The molecule has 0 aromatic rings. The van der Waals surface area contributed by atoms with Crippen molar-refractivity contribution < 1.29 is 80.2 Å². The second-order valence-electron chi connectivity index (χ2n) is 28.8. The summed E-state index contributed by atoms with van der Waals surface area (Å²) in [7, 11) is -9.91. The van der Waals surface area contributed by atoms with E-state index in [1.165, 1.54) is 199 Å². The third kappa shape index (κ3) is 70.3. The number of ether oxygens (including phenoxy) is 4. The summed E-state index contributed by atoms with van der Waals surface area (Å²) in [4.78, 5) is 72.9. The zero-order valence-corrected chi connectivity index (χ0v) is 63.9. The summed E-state index contributed by atoms with van der Waals surface area (Å²) >= 11 is 0. The van der Waals surface area contributed by atoms with E-state index in [1.807, 2.05) is 0 Å². The van der Waals surface area contributed by atoms with Gasteiger partial charge >= 0.3 is 39.5 Å². The number of aliphatic hydroxyl groups is 1. The van der Waals surface area contributed by atoms with E-state index in [9.17, 15) is 43.2 Å². The maximum Gasteiger partial charge on any atom is 0.472 e. The van der Waals surface area contributed by atoms with E-state index >= 15 is 0 Å². The molecule has 0 aliphatic heterocycles. The van der Waals surface area contributed by atoms with Crippen LogP contribution in [-0.4, -0.2) is 96.7 Å². The number of phosphoric ester groups is 2. The highest BCUT2D eigenvalue weighted by Gasteiger charge is 2.30. The molecule has 0 aromatic heterocycles. The van der Waals surface area contributed by atoms with E-state index in [4.69, 9.17) is 37.0 Å². The minimum atomic E-state index is -4.96. The average molecular weight is 1400 g/mol. The molecule has 0 fully saturated rings. The lowest BCUT2D eigenvalue weighted by atomic mass is 10.0. The van der Waals surface area contributed by atoms with Crippen LogP contribution in [0.25, 0.3) is 0 Å². The van der Waals surface area contributed by atoms with Crippen LogP contribution in [0.5, 0.6) is 0 Å². The van der Waals surface area contributed by atoms with Crippen LogP contribution < -0.4 is 0 Å². The van der Waals surface area contributed by atoms with Gasteiger partial charge in [0.15, 0.2) is 12.2 Å². The van der Waals surface area contributed by atoms with E-state index < -0.39 is 97.5 Å². The van der Waals surface area contributed by atoms with Crippen molar-refractivity contribution in [3.8, 4) is 0 Å². The summed E-state index contributed by atoms with van der Waals surface area (Å²) in [5.41, 5.74) is 0. The fourth-order valence-corrected chi connectivity index (χ4v) is 13.2. The third-order valence-electron chi connectivity index (χ3n) is 17.6. The molecule has 564 valence electrons. The smallest absolute Gasteiger partial charge is 0.462 e. The SMILES string of the molecule is CCCCCCCCCCCCCCCC(=O)OC[C@H](COP(=O)(O)OC[C@H](O)COP(=O)(O)OC[C@@H](COC(=O)CCCCCCCCCCCCC(C)C)OC(=O)CCCCCCCCCCCCCCCC(C)C)OC(=O)CCCCCCCCCCCCC(C)C. The van der Waals surface area contributed by atoms with Gasteiger partial charge in [0.1, 0.15) is 19.3 Å². The molecule has 0 aromatic carbocycles. The third-order valence-corrected chi connectivity index (χ3v) is 19.5. The van der Waals surface area contributed by atoms with Gasteiger partial charge in [-0.15, -0.1) is 0 Å². The maximum absolute atomic E-state index is 13.1. The molecule has 0 amide bonds. The van der Waals surface area contributed by atoms with Gasteiger partial charge in [0.2, 0.25) is 0 Å². The van der Waals surface area contributed by atoms with Crippen molar-refractivity contribution in [3.63, 3.8) is 0 Å². The number of unbranched alkanes of at least 4 members (excludes halogenated alkanes) is 42. The van der Waals surface area contributed by atoms with Crippen LogP contribution in [0, 0.1) is 17.8 Å². The van der Waals surface area contributed by atoms with Crippen LogP contribution in [0.2, 0.25) is 0 Å². The fraction of sp³-hybridized carbons (Fsp3) is 0.947. The van der Waals surface area contributed by atoms with Crippen molar-refractivity contribution in [2.75, 3.05) is 39.6 Å². The Labute approximate surface area is 581 Å². The molecule has 0 aliphatic carbocycles. The van der Waals surface area contributed by atoms with Crippen LogP contribution in [0.4, 0.5) is 0 Å². The second kappa shape index (κ2) is 66.6. The van der Waals surface area contributed by atoms with Crippen molar-refractivity contribution in [2.45, 2.75) is 407 Å². The van der Waals surface area contributed by atoms with Crippen molar-refractivity contribution in [1.82, 2.24) is 0 Å². The van der Waals surface area contributed by atoms with Gasteiger partial charge < -0.3 is 33.8 Å². The molecule has 3 N–H and O–H groups in total. The molecule has 0 radical (unpaired) electrons. The summed E-state index contributed by atoms with van der Waals surface area (Å²) in [5.74, 6) is 0.181. The van der Waals surface area contributed by atoms with E-state index in [1.54, 1.807) is 0 Å². The van der Waals surface area contributed by atoms with Crippen molar-refractivity contribution >= 4 is 39.5 Å². The molecule has 5 atom stereocenters. The van der Waals surface area contributed by atoms with Crippen LogP contribution in [0.15, 0.2) is 0 Å². The number of hydrogen-bond acceptors (Lipinski definition) is 15. The Morgan fingerprint density at radius 1 is 0.284 bits per heavy atom. The lowest BCUT2D eigenvalue weighted by molar-refractivity contribution is -0.161. The molecule has 19 heteroatoms. The van der Waals surface area contributed by atoms with Gasteiger partial charge in [0.25, 0.3) is 0 Å². The minimum Gasteiger partial charge on any atom is -0.462 e. The first kappa shape index (κ1) is 93.1. The molecule has 2 unspecified atom stereocenters. The zero-order chi connectivity index (χ0) is 70.1. The van der Waals surface area contributed by atoms with Crippen molar-refractivity contribution in [2.24, 2.45) is 17.8 Å². The molecular formula is C76H148O17P2. The number of carbonyl (C=O) groups is 4. The van der Waals surface area contributed by atoms with Gasteiger partial charge in [-0.05, 0) is 43.4 Å². The number of rotatable bonds is 74. The van der Waals surface area contributed by atoms with Gasteiger partial charge in [0.05, 0.1) is 26.4 Å². The molecular weight excluding hydrogens is 1250 g/mol. The lowest BCUT2D eigenvalue weighted by Crippen LogP contribution is -2.30. The molecule has 17 nitrogen and oxygen atoms in total. The van der Waals surface area contributed by atoms with Crippen LogP contribution in [-0.2, 0) is 65.4 Å². The second-order valence-corrected chi connectivity index (χ2v) is 31.7. The van der Waals surface area contributed by atoms with Crippen LogP contribution in [0.3, 0.4) is 0 Å². The Morgan fingerprint density at radius 3 is 0.716 bits per heavy atom. The Hall–Kier alpha value is -1.94. The Balaban J connectivity index is 5.27. The predicted molar refractivity (Wildman–Crippen MR) is 386 cm³/mol. The topological polar surface area (TPSA) is 237 Å². The average Bonchev–Trinajstić information content (AvgIpc) is 1.37. The molecule has 0 heterocycles. The standard InChI is InChI=1S/C76H148O17P2/c1-8-9-10-11-12-13-14-16-20-29-36-43-50-57-73(78)86-63-72(93-76(81)60-53-46-39-32-25-23-28-35-42-49-56-69(6)7)66-91-95(84,85)89-62-70(77)61-88-94(82,83)90-65-71(64-87-74(79)58-51-44-37-30-24-22-27-34-41-48-55-68(4)5)92-75(80)59-52-45-38-31-21-18-15-17-19-26-33-40-47-54-67(2)3/h67-72,77H,8-66H2,1-7H3,(H,82,83)(H,84,85)/t70-,71-,72-/m1/s1. The first-order valence-electron chi connectivity index (χ1n) is 39.3. The maximum atomic E-state index is 13.1. The quantitative estimate of drug-likeness (QED) is 0.0222. The Kier molecular flexibility index (Phi) is 65.2. The van der Waals surface area contributed by atoms with Crippen molar-refractivity contribution in [3.05, 3.63) is 0 Å². The van der Waals surface area contributed by atoms with Gasteiger partial charge in [-0.1, -0.05) is 337 Å². The summed E-state index contributed by atoms with van der Waals surface area (Å²) in [6.45, 7) is 11.9. The van der Waals surface area contributed by atoms with Gasteiger partial charge in [0, 0.05) is 25.7 Å². The van der Waals surface area contributed by atoms with Crippen LogP contribution in [0.1, 0.15) is 389 Å². The van der Waals surface area contributed by atoms with Crippen LogP contribution >= 0.6 is 15.6 Å². The molecule has 95 heavy (non-hydrogen) atoms. The highest BCUT2D eigenvalue weighted by atomic mass is 31.2. The predicted octanol–water partition coefficient (Wildman–Crippen LogP) is 22.2. The monoisotopic (exact) mass is 1400 g/mol. The zero-order valence-electron chi connectivity index (χ0n) is 62.1. The first-order valence-corrected chi connectivity index (χ1v) is 42.3. The summed E-state index contributed by atoms with van der Waals surface area (Å²) in [5, 5.41) is 10.6. The molecule has 0 saturated heterocycles. The van der Waals surface area contributed by atoms with E-state index in [2.05, 4.69) is 48.5 Å². The molecule has 0 saturated carbocycles.